The molecule has 1 aromatic carbocycles. The fourth-order valence-corrected chi connectivity index (χ4v) is 3.30. The minimum atomic E-state index is -0.102. The van der Waals surface area contributed by atoms with Crippen LogP contribution >= 0.6 is 0 Å². The van der Waals surface area contributed by atoms with Gasteiger partial charge in [0.2, 0.25) is 0 Å². The zero-order valence-corrected chi connectivity index (χ0v) is 15.1. The predicted octanol–water partition coefficient (Wildman–Crippen LogP) is 3.35. The summed E-state index contributed by atoms with van der Waals surface area (Å²) in [6, 6.07) is 5.62. The van der Waals surface area contributed by atoms with Crippen LogP contribution in [0.1, 0.15) is 33.3 Å². The van der Waals surface area contributed by atoms with E-state index in [1.165, 1.54) is 5.56 Å². The summed E-state index contributed by atoms with van der Waals surface area (Å²) in [6.07, 6.45) is 0. The van der Waals surface area contributed by atoms with Gasteiger partial charge in [0.1, 0.15) is 5.82 Å². The van der Waals surface area contributed by atoms with Crippen LogP contribution in [0.5, 0.6) is 0 Å². The third-order valence-corrected chi connectivity index (χ3v) is 4.12. The summed E-state index contributed by atoms with van der Waals surface area (Å²) in [5, 5.41) is 3.32. The largest absolute Gasteiger partial charge is 0.367 e. The van der Waals surface area contributed by atoms with Crippen LogP contribution in [-0.4, -0.2) is 44.2 Å². The number of benzene rings is 1. The number of halogens is 1. The molecule has 0 radical (unpaired) electrons. The zero-order chi connectivity index (χ0) is 16.8. The van der Waals surface area contributed by atoms with Gasteiger partial charge in [-0.15, -0.1) is 0 Å². The zero-order valence-electron chi connectivity index (χ0n) is 15.1. The molecule has 0 amide bonds. The molecule has 1 saturated heterocycles. The highest BCUT2D eigenvalue weighted by molar-refractivity contribution is 5.50. The van der Waals surface area contributed by atoms with Gasteiger partial charge in [0.25, 0.3) is 0 Å². The van der Waals surface area contributed by atoms with Crippen molar-refractivity contribution in [2.24, 2.45) is 11.8 Å². The van der Waals surface area contributed by atoms with Crippen LogP contribution in [0.2, 0.25) is 0 Å². The molecule has 0 aliphatic carbocycles. The maximum absolute atomic E-state index is 14.2. The van der Waals surface area contributed by atoms with E-state index < -0.39 is 0 Å². The summed E-state index contributed by atoms with van der Waals surface area (Å²) in [7, 11) is 0. The number of nitrogens with zero attached hydrogens (tertiary/aromatic N) is 2. The smallest absolute Gasteiger partial charge is 0.146 e. The lowest BCUT2D eigenvalue weighted by Crippen LogP contribution is -2.44. The molecule has 23 heavy (non-hydrogen) atoms. The van der Waals surface area contributed by atoms with Gasteiger partial charge in [-0.3, -0.25) is 4.90 Å². The Balaban J connectivity index is 2.11. The van der Waals surface area contributed by atoms with E-state index in [1.807, 2.05) is 12.1 Å². The molecular weight excluding hydrogens is 289 g/mol. The van der Waals surface area contributed by atoms with Crippen LogP contribution in [-0.2, 0) is 6.54 Å². The predicted molar refractivity (Wildman–Crippen MR) is 96.4 cm³/mol. The summed E-state index contributed by atoms with van der Waals surface area (Å²) >= 11 is 0. The molecule has 3 nitrogen and oxygen atoms in total. The van der Waals surface area contributed by atoms with E-state index in [2.05, 4.69) is 42.8 Å². The van der Waals surface area contributed by atoms with E-state index in [4.69, 9.17) is 0 Å². The first-order chi connectivity index (χ1) is 11.0. The van der Waals surface area contributed by atoms with Gasteiger partial charge in [0.05, 0.1) is 5.69 Å². The fourth-order valence-electron chi connectivity index (χ4n) is 3.30. The van der Waals surface area contributed by atoms with Crippen LogP contribution in [0.3, 0.4) is 0 Å². The lowest BCUT2D eigenvalue weighted by Gasteiger charge is -2.31. The third-order valence-electron chi connectivity index (χ3n) is 4.12. The van der Waals surface area contributed by atoms with Crippen molar-refractivity contribution < 1.29 is 4.39 Å². The molecule has 0 spiro atoms. The van der Waals surface area contributed by atoms with Crippen molar-refractivity contribution in [2.45, 2.75) is 34.2 Å². The molecule has 0 unspecified atom stereocenters. The number of hydrogen-bond donors (Lipinski definition) is 1. The Bertz CT molecular complexity index is 472. The molecule has 0 atom stereocenters. The number of anilines is 1. The highest BCUT2D eigenvalue weighted by atomic mass is 19.1. The average molecular weight is 321 g/mol. The fraction of sp³-hybridized carbons (Fsp3) is 0.684. The summed E-state index contributed by atoms with van der Waals surface area (Å²) in [5.74, 6) is 1.18. The number of rotatable bonds is 7. The van der Waals surface area contributed by atoms with Crippen molar-refractivity contribution in [1.82, 2.24) is 10.2 Å². The second kappa shape index (κ2) is 8.65. The Kier molecular flexibility index (Phi) is 6.85. The molecule has 0 saturated carbocycles. The van der Waals surface area contributed by atoms with Crippen LogP contribution in [0.15, 0.2) is 18.2 Å². The second-order valence-corrected chi connectivity index (χ2v) is 7.50. The highest BCUT2D eigenvalue weighted by Crippen LogP contribution is 2.23. The Morgan fingerprint density at radius 3 is 2.26 bits per heavy atom. The second-order valence-electron chi connectivity index (χ2n) is 7.50. The normalized spacial score (nSPS) is 15.9. The number of hydrogen-bond acceptors (Lipinski definition) is 3. The Labute approximate surface area is 140 Å². The average Bonchev–Trinajstić information content (AvgIpc) is 2.48. The highest BCUT2D eigenvalue weighted by Gasteiger charge is 2.16. The first kappa shape index (κ1) is 18.2. The van der Waals surface area contributed by atoms with E-state index in [0.717, 1.165) is 51.5 Å². The monoisotopic (exact) mass is 321 g/mol. The van der Waals surface area contributed by atoms with Crippen LogP contribution in [0.25, 0.3) is 0 Å². The van der Waals surface area contributed by atoms with Crippen LogP contribution in [0.4, 0.5) is 10.1 Å². The van der Waals surface area contributed by atoms with Gasteiger partial charge in [-0.25, -0.2) is 4.39 Å². The lowest BCUT2D eigenvalue weighted by atomic mass is 10.1. The molecule has 4 heteroatoms. The Morgan fingerprint density at radius 1 is 1.09 bits per heavy atom. The minimum Gasteiger partial charge on any atom is -0.367 e. The van der Waals surface area contributed by atoms with Gasteiger partial charge in [-0.1, -0.05) is 33.8 Å². The van der Waals surface area contributed by atoms with Crippen molar-refractivity contribution in [3.05, 3.63) is 29.6 Å². The molecule has 0 aromatic heterocycles. The molecule has 1 N–H and O–H groups in total. The first-order valence-corrected chi connectivity index (χ1v) is 8.92. The van der Waals surface area contributed by atoms with Crippen LogP contribution < -0.4 is 10.2 Å². The van der Waals surface area contributed by atoms with E-state index in [0.29, 0.717) is 11.8 Å². The summed E-state index contributed by atoms with van der Waals surface area (Å²) < 4.78 is 14.2. The maximum Gasteiger partial charge on any atom is 0.146 e. The quantitative estimate of drug-likeness (QED) is 0.831. The minimum absolute atomic E-state index is 0.102. The van der Waals surface area contributed by atoms with Gasteiger partial charge in [0, 0.05) is 45.8 Å². The number of nitrogens with one attached hydrogen (secondary N) is 1. The van der Waals surface area contributed by atoms with E-state index in [9.17, 15) is 4.39 Å². The van der Waals surface area contributed by atoms with Crippen molar-refractivity contribution in [1.29, 1.82) is 0 Å². The van der Waals surface area contributed by atoms with Gasteiger partial charge in [-0.2, -0.15) is 0 Å². The van der Waals surface area contributed by atoms with Gasteiger partial charge >= 0.3 is 0 Å². The van der Waals surface area contributed by atoms with Crippen molar-refractivity contribution in [2.75, 3.05) is 44.2 Å². The van der Waals surface area contributed by atoms with Gasteiger partial charge in [-0.05, 0) is 29.5 Å². The molecule has 1 aliphatic rings. The topological polar surface area (TPSA) is 18.5 Å². The Morgan fingerprint density at radius 2 is 1.70 bits per heavy atom. The van der Waals surface area contributed by atoms with Gasteiger partial charge in [0.15, 0.2) is 0 Å². The number of piperazine rings is 1. The summed E-state index contributed by atoms with van der Waals surface area (Å²) in [6.45, 7) is 15.7. The standard InChI is InChI=1S/C19H32FN3/c1-15(2)12-22(13-16(3)4)14-17-5-6-18(20)19(11-17)23-9-7-21-8-10-23/h5-6,11,15-16,21H,7-10,12-14H2,1-4H3. The molecule has 2 rings (SSSR count). The Hall–Kier alpha value is -1.13. The summed E-state index contributed by atoms with van der Waals surface area (Å²) in [4.78, 5) is 4.65. The lowest BCUT2D eigenvalue weighted by molar-refractivity contribution is 0.211. The van der Waals surface area contributed by atoms with Gasteiger partial charge < -0.3 is 10.2 Å². The van der Waals surface area contributed by atoms with Crippen molar-refractivity contribution in [3.63, 3.8) is 0 Å². The molecule has 0 bridgehead atoms. The first-order valence-electron chi connectivity index (χ1n) is 8.92. The summed E-state index contributed by atoms with van der Waals surface area (Å²) in [5.41, 5.74) is 1.97. The van der Waals surface area contributed by atoms with Crippen molar-refractivity contribution >= 4 is 5.69 Å². The maximum atomic E-state index is 14.2. The van der Waals surface area contributed by atoms with E-state index in [1.54, 1.807) is 6.07 Å². The SMILES string of the molecule is CC(C)CN(Cc1ccc(F)c(N2CCNCC2)c1)CC(C)C. The molecule has 1 heterocycles. The van der Waals surface area contributed by atoms with Crippen LogP contribution in [0, 0.1) is 17.7 Å². The third kappa shape index (κ3) is 5.78. The molecule has 130 valence electrons. The van der Waals surface area contributed by atoms with Crippen molar-refractivity contribution in [3.8, 4) is 0 Å². The molecule has 1 aromatic rings. The van der Waals surface area contributed by atoms with E-state index >= 15 is 0 Å². The molecule has 1 fully saturated rings. The molecule has 1 aliphatic heterocycles. The van der Waals surface area contributed by atoms with E-state index in [-0.39, 0.29) is 5.82 Å². The molecular formula is C19H32FN3.